The maximum absolute atomic E-state index is 13.5. The van der Waals surface area contributed by atoms with Crippen LogP contribution in [0.3, 0.4) is 0 Å². The van der Waals surface area contributed by atoms with Crippen LogP contribution in [0, 0.1) is 15.9 Å². The van der Waals surface area contributed by atoms with Crippen molar-refractivity contribution in [3.8, 4) is 0 Å². The molecule has 40 heavy (non-hydrogen) atoms. The summed E-state index contributed by atoms with van der Waals surface area (Å²) in [6.07, 6.45) is 1.42. The van der Waals surface area contributed by atoms with Crippen molar-refractivity contribution in [1.82, 2.24) is 14.6 Å². The quantitative estimate of drug-likeness (QED) is 0.232. The Balaban J connectivity index is 1.29. The van der Waals surface area contributed by atoms with Gasteiger partial charge in [-0.25, -0.2) is 14.0 Å². The van der Waals surface area contributed by atoms with Crippen molar-refractivity contribution in [3.63, 3.8) is 0 Å². The van der Waals surface area contributed by atoms with Crippen molar-refractivity contribution in [2.45, 2.75) is 25.3 Å². The maximum Gasteiger partial charge on any atom is 0.336 e. The molecule has 0 unspecified atom stereocenters. The average molecular weight is 550 g/mol. The van der Waals surface area contributed by atoms with Crippen LogP contribution in [0.2, 0.25) is 0 Å². The first-order valence-corrected chi connectivity index (χ1v) is 12.3. The Kier molecular flexibility index (Phi) is 6.10. The Morgan fingerprint density at radius 3 is 2.38 bits per heavy atom. The molecule has 0 atom stereocenters. The molecule has 13 nitrogen and oxygen atoms in total. The van der Waals surface area contributed by atoms with Crippen LogP contribution < -0.4 is 22.4 Å². The summed E-state index contributed by atoms with van der Waals surface area (Å²) in [7, 11) is 0. The number of nitrogens with zero attached hydrogens (tertiary/aromatic N) is 4. The van der Waals surface area contributed by atoms with Crippen LogP contribution in [0.1, 0.15) is 24.5 Å². The summed E-state index contributed by atoms with van der Waals surface area (Å²) in [6, 6.07) is 6.80. The van der Waals surface area contributed by atoms with Gasteiger partial charge in [-0.15, -0.1) is 0 Å². The van der Waals surface area contributed by atoms with Crippen molar-refractivity contribution in [2.75, 3.05) is 19.6 Å². The number of hydrogen-bond acceptors (Lipinski definition) is 11. The van der Waals surface area contributed by atoms with E-state index >= 15 is 0 Å². The van der Waals surface area contributed by atoms with Gasteiger partial charge < -0.3 is 18.3 Å². The number of likely N-dealkylation sites (tertiary alicyclic amines) is 1. The SMILES string of the molecule is O=c1ccc(=O)oc2c([N+](=O)[O-])c3c(=O)n(CCN4CCC(c5noc6cc(F)ccc56)CC4)c(=O)c3cc2o1. The number of aromatic nitrogens is 2. The zero-order chi connectivity index (χ0) is 28.1. The first-order chi connectivity index (χ1) is 19.2. The Bertz CT molecular complexity index is 2070. The van der Waals surface area contributed by atoms with E-state index in [1.807, 2.05) is 4.90 Å². The maximum atomic E-state index is 13.5. The third kappa shape index (κ3) is 4.27. The minimum Gasteiger partial charge on any atom is -0.419 e. The number of nitro groups is 1. The lowest BCUT2D eigenvalue weighted by atomic mass is 9.91. The molecule has 5 aromatic rings. The van der Waals surface area contributed by atoms with Crippen molar-refractivity contribution >= 4 is 38.6 Å². The highest BCUT2D eigenvalue weighted by atomic mass is 19.1. The molecular formula is C26H19FN4O9. The van der Waals surface area contributed by atoms with E-state index in [0.717, 1.165) is 33.8 Å². The molecule has 14 heteroatoms. The van der Waals surface area contributed by atoms with Crippen molar-refractivity contribution in [1.29, 1.82) is 0 Å². The van der Waals surface area contributed by atoms with Gasteiger partial charge in [-0.05, 0) is 44.1 Å². The summed E-state index contributed by atoms with van der Waals surface area (Å²) >= 11 is 0. The monoisotopic (exact) mass is 550 g/mol. The standard InChI is InChI=1S/C26H19FN4O9/c27-14-1-2-15-17(11-14)40-28-22(15)13-5-7-29(8-6-13)9-10-30-25(34)16-12-18-24(23(31(36)37)21(16)26(30)35)39-20(33)4-3-19(32)38-18/h1-4,11-13H,5-10H2. The van der Waals surface area contributed by atoms with Crippen molar-refractivity contribution in [3.05, 3.63) is 99.6 Å². The van der Waals surface area contributed by atoms with Gasteiger partial charge in [0.05, 0.1) is 16.0 Å². The van der Waals surface area contributed by atoms with Gasteiger partial charge in [0.2, 0.25) is 0 Å². The molecule has 0 spiro atoms. The summed E-state index contributed by atoms with van der Waals surface area (Å²) in [4.78, 5) is 63.3. The summed E-state index contributed by atoms with van der Waals surface area (Å²) in [5.74, 6) is -0.321. The molecule has 0 aliphatic carbocycles. The first-order valence-electron chi connectivity index (χ1n) is 12.3. The largest absolute Gasteiger partial charge is 0.419 e. The molecule has 0 N–H and O–H groups in total. The van der Waals surface area contributed by atoms with E-state index in [2.05, 4.69) is 5.16 Å². The number of benzene rings is 2. The fourth-order valence-corrected chi connectivity index (χ4v) is 5.25. The van der Waals surface area contributed by atoms with Crippen LogP contribution in [0.5, 0.6) is 0 Å². The van der Waals surface area contributed by atoms with Crippen molar-refractivity contribution in [2.24, 2.45) is 0 Å². The fraction of sp³-hybridized carbons (Fsp3) is 0.269. The highest BCUT2D eigenvalue weighted by Gasteiger charge is 2.30. The predicted molar refractivity (Wildman–Crippen MR) is 138 cm³/mol. The van der Waals surface area contributed by atoms with Gasteiger partial charge in [0.15, 0.2) is 11.2 Å². The molecule has 4 heterocycles. The van der Waals surface area contributed by atoms with E-state index < -0.39 is 55.3 Å². The molecule has 6 rings (SSSR count). The fourth-order valence-electron chi connectivity index (χ4n) is 5.25. The van der Waals surface area contributed by atoms with Crippen LogP contribution in [-0.4, -0.2) is 39.2 Å². The second-order valence-corrected chi connectivity index (χ2v) is 9.49. The van der Waals surface area contributed by atoms with Crippen LogP contribution in [0.25, 0.3) is 32.9 Å². The van der Waals surface area contributed by atoms with Gasteiger partial charge in [0.25, 0.3) is 16.7 Å². The average Bonchev–Trinajstić information content (AvgIpc) is 3.44. The summed E-state index contributed by atoms with van der Waals surface area (Å²) < 4.78 is 29.6. The number of rotatable bonds is 5. The molecule has 2 aromatic carbocycles. The number of hydrogen-bond donors (Lipinski definition) is 0. The minimum absolute atomic E-state index is 0.0495. The summed E-state index contributed by atoms with van der Waals surface area (Å²) in [5.41, 5.74) is -4.81. The van der Waals surface area contributed by atoms with E-state index in [9.17, 15) is 33.7 Å². The van der Waals surface area contributed by atoms with E-state index in [4.69, 9.17) is 13.4 Å². The molecular weight excluding hydrogens is 531 g/mol. The highest BCUT2D eigenvalue weighted by Crippen LogP contribution is 2.33. The van der Waals surface area contributed by atoms with Gasteiger partial charge in [0.1, 0.15) is 11.2 Å². The number of piperidine rings is 1. The number of nitro benzene ring substituents is 1. The Labute approximate surface area is 220 Å². The highest BCUT2D eigenvalue weighted by molar-refractivity contribution is 6.03. The zero-order valence-corrected chi connectivity index (χ0v) is 20.6. The Hall–Kier alpha value is -4.98. The van der Waals surface area contributed by atoms with Gasteiger partial charge in [0, 0.05) is 42.6 Å². The molecule has 1 aliphatic heterocycles. The molecule has 0 saturated carbocycles. The third-order valence-electron chi connectivity index (χ3n) is 7.18. The lowest BCUT2D eigenvalue weighted by Crippen LogP contribution is -2.38. The van der Waals surface area contributed by atoms with Gasteiger partial charge in [-0.1, -0.05) is 5.16 Å². The Morgan fingerprint density at radius 2 is 1.65 bits per heavy atom. The topological polar surface area (TPSA) is 172 Å². The molecule has 1 saturated heterocycles. The molecule has 0 bridgehead atoms. The van der Waals surface area contributed by atoms with E-state index in [-0.39, 0.29) is 17.8 Å². The number of non-ortho nitro benzene ring substituents is 1. The van der Waals surface area contributed by atoms with Gasteiger partial charge in [-0.2, -0.15) is 0 Å². The molecule has 0 radical (unpaired) electrons. The third-order valence-corrected chi connectivity index (χ3v) is 7.18. The second-order valence-electron chi connectivity index (χ2n) is 9.49. The molecule has 1 aliphatic rings. The second kappa shape index (κ2) is 9.64. The normalized spacial score (nSPS) is 14.8. The molecule has 3 aromatic heterocycles. The van der Waals surface area contributed by atoms with Crippen LogP contribution >= 0.6 is 0 Å². The van der Waals surface area contributed by atoms with E-state index in [1.165, 1.54) is 12.1 Å². The number of halogens is 1. The van der Waals surface area contributed by atoms with Gasteiger partial charge >= 0.3 is 16.9 Å². The zero-order valence-electron chi connectivity index (χ0n) is 20.6. The van der Waals surface area contributed by atoms with E-state index in [1.54, 1.807) is 6.07 Å². The van der Waals surface area contributed by atoms with Gasteiger partial charge in [-0.3, -0.25) is 24.3 Å². The van der Waals surface area contributed by atoms with Crippen LogP contribution in [-0.2, 0) is 6.54 Å². The lowest BCUT2D eigenvalue weighted by molar-refractivity contribution is -0.382. The minimum atomic E-state index is -1.08. The van der Waals surface area contributed by atoms with Crippen molar-refractivity contribution < 1.29 is 22.7 Å². The predicted octanol–water partition coefficient (Wildman–Crippen LogP) is 2.49. The molecule has 204 valence electrons. The lowest BCUT2D eigenvalue weighted by Gasteiger charge is -2.31. The summed E-state index contributed by atoms with van der Waals surface area (Å²) in [6.45, 7) is 1.50. The van der Waals surface area contributed by atoms with Crippen LogP contribution in [0.15, 0.2) is 68.9 Å². The van der Waals surface area contributed by atoms with Crippen LogP contribution in [0.4, 0.5) is 10.1 Å². The number of fused-ring (bicyclic) bond motifs is 3. The molecule has 0 amide bonds. The molecule has 1 fully saturated rings. The Morgan fingerprint density at radius 1 is 0.925 bits per heavy atom. The van der Waals surface area contributed by atoms with E-state index in [0.29, 0.717) is 38.1 Å². The summed E-state index contributed by atoms with van der Waals surface area (Å²) in [5, 5.41) is 16.0. The first kappa shape index (κ1) is 25.3. The smallest absolute Gasteiger partial charge is 0.336 e.